The monoisotopic (exact) mass is 268 g/mol. The summed E-state index contributed by atoms with van der Waals surface area (Å²) in [6, 6.07) is 1.91. The normalized spacial score (nSPS) is 16.9. The van der Waals surface area contributed by atoms with Crippen LogP contribution in [-0.2, 0) is 32.7 Å². The molecule has 0 amide bonds. The van der Waals surface area contributed by atoms with E-state index in [1.165, 1.54) is 0 Å². The van der Waals surface area contributed by atoms with Crippen molar-refractivity contribution in [1.29, 1.82) is 0 Å². The number of nitrogens with zero attached hydrogens (tertiary/aromatic N) is 2. The maximum Gasteiger partial charge on any atom is 0.115 e. The molecule has 0 saturated carbocycles. The van der Waals surface area contributed by atoms with Crippen LogP contribution in [0.2, 0.25) is 0 Å². The molecule has 5 heteroatoms. The van der Waals surface area contributed by atoms with Gasteiger partial charge in [-0.1, -0.05) is 20.0 Å². The summed E-state index contributed by atoms with van der Waals surface area (Å²) in [4.78, 5) is 3.99. The van der Waals surface area contributed by atoms with E-state index in [9.17, 15) is 0 Å². The van der Waals surface area contributed by atoms with Gasteiger partial charge in [-0.25, -0.2) is 0 Å². The van der Waals surface area contributed by atoms with Crippen molar-refractivity contribution in [3.63, 3.8) is 0 Å². The van der Waals surface area contributed by atoms with Gasteiger partial charge >= 0.3 is 0 Å². The molecule has 1 aliphatic heterocycles. The van der Waals surface area contributed by atoms with E-state index in [2.05, 4.69) is 17.4 Å². The second-order valence-electron chi connectivity index (χ2n) is 2.46. The number of aliphatic imine (C=N–C) groups is 1. The minimum Gasteiger partial charge on any atom is -0.474 e. The Hall–Kier alpha value is -0.316. The predicted molar refractivity (Wildman–Crippen MR) is 55.6 cm³/mol. The van der Waals surface area contributed by atoms with Gasteiger partial charge < -0.3 is 15.6 Å². The van der Waals surface area contributed by atoms with Crippen molar-refractivity contribution in [1.82, 2.24) is 4.57 Å². The van der Waals surface area contributed by atoms with Gasteiger partial charge in [0.15, 0.2) is 0 Å². The fraction of sp³-hybridized carbons (Fsp3) is 0.333. The van der Waals surface area contributed by atoms with Gasteiger partial charge in [0, 0.05) is 38.5 Å². The molecule has 1 aliphatic rings. The molecule has 0 saturated heterocycles. The Labute approximate surface area is 110 Å². The molecule has 1 atom stereocenters. The third-order valence-corrected chi connectivity index (χ3v) is 1.75. The fourth-order valence-electron chi connectivity index (χ4n) is 1.15. The molecule has 0 aliphatic carbocycles. The predicted octanol–water partition coefficient (Wildman–Crippen LogP) is 1.56. The van der Waals surface area contributed by atoms with E-state index < -0.39 is 0 Å². The molecule has 2 heterocycles. The molecule has 0 bridgehead atoms. The maximum absolute atomic E-state index is 5.68. The van der Waals surface area contributed by atoms with Gasteiger partial charge in [-0.15, -0.1) is 13.1 Å². The Bertz CT molecular complexity index is 306. The summed E-state index contributed by atoms with van der Waals surface area (Å²) in [5.41, 5.74) is 6.67. The van der Waals surface area contributed by atoms with E-state index >= 15 is 0 Å². The molecule has 0 aromatic carbocycles. The van der Waals surface area contributed by atoms with Crippen LogP contribution in [0, 0.1) is 7.05 Å². The Morgan fingerprint density at radius 3 is 2.79 bits per heavy atom. The van der Waals surface area contributed by atoms with Gasteiger partial charge in [-0.05, 0) is 5.56 Å². The second-order valence-corrected chi connectivity index (χ2v) is 2.46. The summed E-state index contributed by atoms with van der Waals surface area (Å²) < 4.78 is 1.74. The van der Waals surface area contributed by atoms with Crippen LogP contribution < -0.4 is 11.1 Å². The Morgan fingerprint density at radius 1 is 1.57 bits per heavy atom. The van der Waals surface area contributed by atoms with E-state index in [1.54, 1.807) is 10.9 Å². The molecule has 1 aromatic heterocycles. The quantitative estimate of drug-likeness (QED) is 0.702. The summed E-state index contributed by atoms with van der Waals surface area (Å²) >= 11 is 0. The molecule has 0 spiro atoms. The first-order valence-corrected chi connectivity index (χ1v) is 4.35. The summed E-state index contributed by atoms with van der Waals surface area (Å²) in [5.74, 6) is 0.924. The number of hydrogen-bond donors (Lipinski definition) is 2. The van der Waals surface area contributed by atoms with Gasteiger partial charge in [0.2, 0.25) is 0 Å². The molecule has 75 valence electrons. The number of nitrogens with two attached hydrogens (primary N) is 1. The standard InChI is InChI=1S/C7H9N4.C2H6.Y/c1-11-3-2-5-6(8)9-4-10-7(5)11;1-2;/h2-4,6H,1,8H2,(H,9,10);1-2H3;/q-1;;. The molecular weight excluding hydrogens is 253 g/mol. The van der Waals surface area contributed by atoms with Gasteiger partial charge in [-0.3, -0.25) is 4.99 Å². The van der Waals surface area contributed by atoms with Crippen molar-refractivity contribution in [2.45, 2.75) is 20.0 Å². The molecule has 14 heavy (non-hydrogen) atoms. The van der Waals surface area contributed by atoms with E-state index in [1.807, 2.05) is 26.1 Å². The molecule has 1 radical (unpaired) electrons. The van der Waals surface area contributed by atoms with Crippen LogP contribution in [0.5, 0.6) is 0 Å². The van der Waals surface area contributed by atoms with Crippen LogP contribution in [0.1, 0.15) is 25.6 Å². The number of aromatic nitrogens is 1. The van der Waals surface area contributed by atoms with Gasteiger partial charge in [0.1, 0.15) is 6.17 Å². The smallest absolute Gasteiger partial charge is 0.115 e. The Balaban J connectivity index is 0.000000531. The average Bonchev–Trinajstić information content (AvgIpc) is 2.53. The molecule has 0 fully saturated rings. The minimum atomic E-state index is -0.241. The topological polar surface area (TPSA) is 55.3 Å². The van der Waals surface area contributed by atoms with E-state index in [0.717, 1.165) is 11.4 Å². The molecule has 1 unspecified atom stereocenters. The molecule has 4 nitrogen and oxygen atoms in total. The third-order valence-electron chi connectivity index (χ3n) is 1.75. The molecular formula is C9H15N4Y-. The van der Waals surface area contributed by atoms with Crippen molar-refractivity contribution in [3.05, 3.63) is 24.9 Å². The fourth-order valence-corrected chi connectivity index (χ4v) is 1.15. The van der Waals surface area contributed by atoms with E-state index in [0.29, 0.717) is 0 Å². The SMILES string of the molecule is CC.[CH2-]n1ccc2c1NC=NC2N.[Y]. The molecule has 1 aromatic rings. The maximum atomic E-state index is 5.68. The van der Waals surface area contributed by atoms with Crippen LogP contribution >= 0.6 is 0 Å². The van der Waals surface area contributed by atoms with Crippen molar-refractivity contribution < 1.29 is 32.7 Å². The zero-order chi connectivity index (χ0) is 9.84. The third kappa shape index (κ3) is 2.59. The molecule has 3 N–H and O–H groups in total. The summed E-state index contributed by atoms with van der Waals surface area (Å²) in [6.45, 7) is 4.00. The van der Waals surface area contributed by atoms with Crippen LogP contribution in [0.3, 0.4) is 0 Å². The number of anilines is 1. The molecule has 2 rings (SSSR count). The first kappa shape index (κ1) is 13.7. The second kappa shape index (κ2) is 6.22. The van der Waals surface area contributed by atoms with E-state index in [-0.39, 0.29) is 38.9 Å². The minimum absolute atomic E-state index is 0. The first-order chi connectivity index (χ1) is 6.29. The van der Waals surface area contributed by atoms with Crippen molar-refractivity contribution in [3.8, 4) is 0 Å². The van der Waals surface area contributed by atoms with Crippen LogP contribution in [-0.4, -0.2) is 10.9 Å². The zero-order valence-electron chi connectivity index (χ0n) is 8.57. The summed E-state index contributed by atoms with van der Waals surface area (Å²) in [6.07, 6.45) is 3.20. The van der Waals surface area contributed by atoms with Gasteiger partial charge in [0.05, 0.1) is 6.34 Å². The number of hydrogen-bond acceptors (Lipinski definition) is 3. The Morgan fingerprint density at radius 2 is 2.21 bits per heavy atom. The van der Waals surface area contributed by atoms with Crippen molar-refractivity contribution in [2.24, 2.45) is 10.7 Å². The van der Waals surface area contributed by atoms with Crippen molar-refractivity contribution >= 4 is 12.2 Å². The van der Waals surface area contributed by atoms with E-state index in [4.69, 9.17) is 5.73 Å². The van der Waals surface area contributed by atoms with Gasteiger partial charge in [0.25, 0.3) is 0 Å². The largest absolute Gasteiger partial charge is 0.474 e. The first-order valence-electron chi connectivity index (χ1n) is 4.35. The number of nitrogens with one attached hydrogen (secondary N) is 1. The average molecular weight is 268 g/mol. The van der Waals surface area contributed by atoms with Crippen LogP contribution in [0.25, 0.3) is 0 Å². The van der Waals surface area contributed by atoms with Crippen LogP contribution in [0.15, 0.2) is 17.3 Å². The number of rotatable bonds is 0. The number of fused-ring (bicyclic) bond motifs is 1. The Kier molecular flexibility index (Phi) is 6.08. The summed E-state index contributed by atoms with van der Waals surface area (Å²) in [5, 5.41) is 2.97. The zero-order valence-corrected chi connectivity index (χ0v) is 11.4. The van der Waals surface area contributed by atoms with Gasteiger partial charge in [-0.2, -0.15) is 0 Å². The van der Waals surface area contributed by atoms with Crippen molar-refractivity contribution in [2.75, 3.05) is 5.32 Å². The van der Waals surface area contributed by atoms with Crippen LogP contribution in [0.4, 0.5) is 5.82 Å². The summed E-state index contributed by atoms with van der Waals surface area (Å²) in [7, 11) is 3.77.